The van der Waals surface area contributed by atoms with E-state index in [1.54, 1.807) is 12.1 Å². The molecular formula is C37H69I3NO3-. The zero-order valence-corrected chi connectivity index (χ0v) is 35.2. The van der Waals surface area contributed by atoms with Gasteiger partial charge in [0, 0.05) is 12.1 Å². The second-order valence-electron chi connectivity index (χ2n) is 5.00. The van der Waals surface area contributed by atoms with Gasteiger partial charge in [-0.05, 0) is 13.8 Å². The van der Waals surface area contributed by atoms with Gasteiger partial charge in [-0.15, -0.1) is 0 Å². The fourth-order valence-corrected chi connectivity index (χ4v) is 1.60. The fourth-order valence-electron chi connectivity index (χ4n) is 1.60. The number of hydrogen-bond donors (Lipinski definition) is 1. The first-order chi connectivity index (χ1) is 20.5. The molecule has 0 atom stereocenters. The van der Waals surface area contributed by atoms with Gasteiger partial charge in [-0.2, -0.15) is 0 Å². The molecule has 3 aromatic carbocycles. The minimum Gasteiger partial charge on any atom is -0.483 e. The molecule has 3 aromatic rings. The van der Waals surface area contributed by atoms with E-state index in [-0.39, 0.29) is 21.3 Å². The predicted octanol–water partition coefficient (Wildman–Crippen LogP) is 11.5. The number of aldehydes is 1. The Labute approximate surface area is 306 Å². The molecule has 0 fully saturated rings. The van der Waals surface area contributed by atoms with E-state index in [4.69, 9.17) is 15.2 Å². The summed E-state index contributed by atoms with van der Waals surface area (Å²) in [4.78, 5) is 18.4. The van der Waals surface area contributed by atoms with Crippen LogP contribution in [0, 0.1) is 25.7 Å². The molecule has 3 rings (SSSR count). The number of aryl methyl sites for hydroxylation is 2. The normalized spacial score (nSPS) is 5.95. The van der Waals surface area contributed by atoms with Crippen LogP contribution >= 0.6 is 37.2 Å². The van der Waals surface area contributed by atoms with E-state index >= 15 is 0 Å². The number of nitrogens with zero attached hydrogens (tertiary/aromatic N) is 1. The van der Waals surface area contributed by atoms with Gasteiger partial charge in [-0.25, -0.2) is 5.26 Å². The minimum atomic E-state index is -0.250. The van der Waals surface area contributed by atoms with E-state index in [1.165, 1.54) is 11.1 Å². The SMILES string of the molecule is C.C.C#N.CC.CC.CC.CC.CC.CC.Cc1ccccc1.Cc1ccccc1.I[I-]I.O=CO.O=Cc1ccccc1. The third kappa shape index (κ3) is 105. The first-order valence-electron chi connectivity index (χ1n) is 14.3. The van der Waals surface area contributed by atoms with Crippen LogP contribution in [0.25, 0.3) is 0 Å². The monoisotopic (exact) mass is 956 g/mol. The van der Waals surface area contributed by atoms with Gasteiger partial charge in [0.05, 0.1) is 0 Å². The van der Waals surface area contributed by atoms with Crippen molar-refractivity contribution in [1.82, 2.24) is 0 Å². The number of hydrogen-bond acceptors (Lipinski definition) is 3. The number of carbonyl (C=O) groups excluding carboxylic acids is 1. The molecule has 44 heavy (non-hydrogen) atoms. The molecule has 7 heteroatoms. The van der Waals surface area contributed by atoms with Crippen molar-refractivity contribution in [3.8, 4) is 6.57 Å². The molecule has 4 nitrogen and oxygen atoms in total. The van der Waals surface area contributed by atoms with Crippen LogP contribution in [0.4, 0.5) is 0 Å². The molecule has 0 aliphatic rings. The van der Waals surface area contributed by atoms with Crippen molar-refractivity contribution in [2.45, 2.75) is 112 Å². The number of rotatable bonds is 1. The third-order valence-corrected chi connectivity index (χ3v) is 2.82. The molecule has 0 aliphatic carbocycles. The van der Waals surface area contributed by atoms with Gasteiger partial charge in [-0.3, -0.25) is 9.59 Å². The number of carboxylic acid groups (broad SMARTS) is 1. The molecule has 0 unspecified atom stereocenters. The largest absolute Gasteiger partial charge is 0.483 e. The molecule has 262 valence electrons. The van der Waals surface area contributed by atoms with E-state index < -0.39 is 0 Å². The topological polar surface area (TPSA) is 78.2 Å². The average Bonchev–Trinajstić information content (AvgIpc) is 3.10. The summed E-state index contributed by atoms with van der Waals surface area (Å²) in [7, 11) is 0. The number of nitriles is 1. The van der Waals surface area contributed by atoms with Crippen molar-refractivity contribution in [2.24, 2.45) is 0 Å². The van der Waals surface area contributed by atoms with E-state index in [9.17, 15) is 4.79 Å². The standard InChI is InChI=1S/C7H6O.2C7H8.6C2H6.CHN.CH2O2.2CH4.I3/c8-6-7-4-2-1-3-5-7;2*1-7-5-3-2-4-6-7;7*1-2;2-1-3;;;1-3-2/h1-6H;2*2-6H,1H3;6*1-2H3;1H;1H,(H,2,3);2*1H4;/q;;;;;;;;;;;;;-1. The molecule has 0 saturated carbocycles. The second kappa shape index (κ2) is 105. The Morgan fingerprint density at radius 2 is 0.705 bits per heavy atom. The van der Waals surface area contributed by atoms with Gasteiger partial charge in [0.25, 0.3) is 6.47 Å². The Bertz CT molecular complexity index is 707. The number of carbonyl (C=O) groups is 2. The van der Waals surface area contributed by atoms with E-state index in [0.717, 1.165) is 11.8 Å². The summed E-state index contributed by atoms with van der Waals surface area (Å²) in [5, 5.41) is 13.4. The van der Waals surface area contributed by atoms with Gasteiger partial charge in [0.15, 0.2) is 0 Å². The zero-order valence-electron chi connectivity index (χ0n) is 28.7. The van der Waals surface area contributed by atoms with Crippen LogP contribution in [0.3, 0.4) is 0 Å². The summed E-state index contributed by atoms with van der Waals surface area (Å²) < 4.78 is 0. The van der Waals surface area contributed by atoms with Crippen LogP contribution in [-0.4, -0.2) is 17.9 Å². The Hall–Kier alpha value is -1.52. The molecule has 0 radical (unpaired) electrons. The van der Waals surface area contributed by atoms with Crippen molar-refractivity contribution in [3.63, 3.8) is 0 Å². The van der Waals surface area contributed by atoms with Crippen LogP contribution < -0.4 is 13.3 Å². The maximum atomic E-state index is 10.0. The Morgan fingerprint density at radius 3 is 0.795 bits per heavy atom. The maximum absolute atomic E-state index is 10.0. The molecule has 0 spiro atoms. The van der Waals surface area contributed by atoms with Crippen molar-refractivity contribution >= 4 is 50.0 Å². The Morgan fingerprint density at radius 1 is 0.545 bits per heavy atom. The second-order valence-corrected chi connectivity index (χ2v) is 21.2. The van der Waals surface area contributed by atoms with Gasteiger partial charge < -0.3 is 5.11 Å². The summed E-state index contributed by atoms with van der Waals surface area (Å²) >= 11 is 5.30. The maximum Gasteiger partial charge on any atom is 0.290 e. The average molecular weight is 957 g/mol. The van der Waals surface area contributed by atoms with Crippen LogP contribution in [0.1, 0.15) is 119 Å². The van der Waals surface area contributed by atoms with E-state index in [2.05, 4.69) is 81.9 Å². The molecular weight excluding hydrogens is 887 g/mol. The third-order valence-electron chi connectivity index (χ3n) is 2.82. The molecule has 1 N–H and O–H groups in total. The zero-order chi connectivity index (χ0) is 35.5. The van der Waals surface area contributed by atoms with Gasteiger partial charge in [-0.1, -0.05) is 200 Å². The first-order valence-corrected chi connectivity index (χ1v) is 26.9. The molecule has 0 amide bonds. The van der Waals surface area contributed by atoms with Crippen molar-refractivity contribution in [2.75, 3.05) is 0 Å². The Balaban J connectivity index is -0.0000000317. The number of halogens is 3. The first kappa shape index (κ1) is 73.8. The molecule has 0 saturated heterocycles. The fraction of sp³-hybridized carbons (Fsp3) is 0.432. The predicted molar refractivity (Wildman–Crippen MR) is 219 cm³/mol. The summed E-state index contributed by atoms with van der Waals surface area (Å²) in [5.74, 6) is 0. The van der Waals surface area contributed by atoms with E-state index in [0.29, 0.717) is 13.3 Å². The molecule has 0 aromatic heterocycles. The van der Waals surface area contributed by atoms with Gasteiger partial charge >= 0.3 is 50.5 Å². The summed E-state index contributed by atoms with van der Waals surface area (Å²) in [5.41, 5.74) is 3.37. The van der Waals surface area contributed by atoms with Gasteiger partial charge in [0.2, 0.25) is 0 Å². The summed E-state index contributed by atoms with van der Waals surface area (Å²) in [6.45, 7) is 31.4. The van der Waals surface area contributed by atoms with Crippen LogP contribution in [0.2, 0.25) is 0 Å². The van der Waals surface area contributed by atoms with Crippen LogP contribution in [0.5, 0.6) is 0 Å². The molecule has 0 aliphatic heterocycles. The summed E-state index contributed by atoms with van der Waals surface area (Å²) in [6.07, 6.45) is 0.833. The molecule has 0 bridgehead atoms. The minimum absolute atomic E-state index is 0. The van der Waals surface area contributed by atoms with E-state index in [1.807, 2.05) is 138 Å². The van der Waals surface area contributed by atoms with Crippen LogP contribution in [-0.2, 0) is 4.79 Å². The van der Waals surface area contributed by atoms with Gasteiger partial charge in [0.1, 0.15) is 6.29 Å². The van der Waals surface area contributed by atoms with Crippen molar-refractivity contribution in [1.29, 1.82) is 5.26 Å². The smallest absolute Gasteiger partial charge is 0.290 e. The van der Waals surface area contributed by atoms with Crippen LogP contribution in [0.15, 0.2) is 91.0 Å². The van der Waals surface area contributed by atoms with Crippen molar-refractivity contribution in [3.05, 3.63) is 108 Å². The summed E-state index contributed by atoms with van der Waals surface area (Å²) in [6, 6.07) is 29.6. The Kier molecular flexibility index (Phi) is 175. The quantitative estimate of drug-likeness (QED) is 0.195. The molecule has 0 heterocycles. The van der Waals surface area contributed by atoms with Crippen molar-refractivity contribution < 1.29 is 28.0 Å². The number of benzene rings is 3.